The Morgan fingerprint density at radius 1 is 1.54 bits per heavy atom. The standard InChI is InChI=1S/C10H20N2O/c1-8(11-4)9(13)12-7-5-6-10(12,2)3/h8,11H,5-7H2,1-4H3. The Hall–Kier alpha value is -0.570. The van der Waals surface area contributed by atoms with E-state index in [9.17, 15) is 4.79 Å². The maximum Gasteiger partial charge on any atom is 0.239 e. The summed E-state index contributed by atoms with van der Waals surface area (Å²) < 4.78 is 0. The van der Waals surface area contributed by atoms with E-state index in [0.29, 0.717) is 0 Å². The fourth-order valence-electron chi connectivity index (χ4n) is 1.87. The third-order valence-electron chi connectivity index (χ3n) is 2.97. The molecule has 1 fully saturated rings. The lowest BCUT2D eigenvalue weighted by Crippen LogP contribution is -2.49. The molecular formula is C10H20N2O. The zero-order valence-corrected chi connectivity index (χ0v) is 9.05. The molecule has 1 aliphatic rings. The van der Waals surface area contributed by atoms with Crippen LogP contribution in [0.15, 0.2) is 0 Å². The summed E-state index contributed by atoms with van der Waals surface area (Å²) in [6.45, 7) is 7.11. The fraction of sp³-hybridized carbons (Fsp3) is 0.900. The van der Waals surface area contributed by atoms with E-state index < -0.39 is 0 Å². The van der Waals surface area contributed by atoms with E-state index in [2.05, 4.69) is 19.2 Å². The quantitative estimate of drug-likeness (QED) is 0.694. The molecule has 0 aromatic rings. The topological polar surface area (TPSA) is 32.3 Å². The number of likely N-dealkylation sites (N-methyl/N-ethyl adjacent to an activating group) is 1. The van der Waals surface area contributed by atoms with Crippen molar-refractivity contribution in [1.82, 2.24) is 10.2 Å². The number of amides is 1. The molecule has 76 valence electrons. The molecule has 1 heterocycles. The molecule has 1 rings (SSSR count). The lowest BCUT2D eigenvalue weighted by molar-refractivity contribution is -0.136. The second-order valence-corrected chi connectivity index (χ2v) is 4.42. The average molecular weight is 184 g/mol. The lowest BCUT2D eigenvalue weighted by Gasteiger charge is -2.33. The molecule has 1 N–H and O–H groups in total. The normalized spacial score (nSPS) is 23.2. The molecule has 1 amide bonds. The van der Waals surface area contributed by atoms with Crippen LogP contribution in [-0.2, 0) is 4.79 Å². The van der Waals surface area contributed by atoms with Crippen LogP contribution < -0.4 is 5.32 Å². The summed E-state index contributed by atoms with van der Waals surface area (Å²) in [6, 6.07) is -0.0580. The van der Waals surface area contributed by atoms with Gasteiger partial charge in [0.15, 0.2) is 0 Å². The Labute approximate surface area is 80.5 Å². The molecule has 1 atom stereocenters. The van der Waals surface area contributed by atoms with Crippen molar-refractivity contribution in [2.45, 2.75) is 45.2 Å². The van der Waals surface area contributed by atoms with Gasteiger partial charge in [0.2, 0.25) is 5.91 Å². The minimum atomic E-state index is -0.0580. The molecular weight excluding hydrogens is 164 g/mol. The van der Waals surface area contributed by atoms with Crippen LogP contribution >= 0.6 is 0 Å². The third-order valence-corrected chi connectivity index (χ3v) is 2.97. The Balaban J connectivity index is 2.66. The van der Waals surface area contributed by atoms with E-state index in [1.807, 2.05) is 18.9 Å². The van der Waals surface area contributed by atoms with Crippen LogP contribution in [0.4, 0.5) is 0 Å². The molecule has 0 saturated carbocycles. The maximum absolute atomic E-state index is 11.9. The van der Waals surface area contributed by atoms with Crippen LogP contribution in [0, 0.1) is 0 Å². The summed E-state index contributed by atoms with van der Waals surface area (Å²) in [5.74, 6) is 0.227. The van der Waals surface area contributed by atoms with Crippen LogP contribution in [0.1, 0.15) is 33.6 Å². The van der Waals surface area contributed by atoms with Crippen LogP contribution in [-0.4, -0.2) is 36.0 Å². The highest BCUT2D eigenvalue weighted by atomic mass is 16.2. The summed E-state index contributed by atoms with van der Waals surface area (Å²) in [7, 11) is 1.83. The highest BCUT2D eigenvalue weighted by molar-refractivity contribution is 5.82. The number of carbonyl (C=O) groups excluding carboxylic acids is 1. The predicted octanol–water partition coefficient (Wildman–Crippen LogP) is 0.995. The van der Waals surface area contributed by atoms with Gasteiger partial charge in [0.25, 0.3) is 0 Å². The second-order valence-electron chi connectivity index (χ2n) is 4.42. The second kappa shape index (κ2) is 3.66. The van der Waals surface area contributed by atoms with Gasteiger partial charge in [0, 0.05) is 12.1 Å². The van der Waals surface area contributed by atoms with Gasteiger partial charge >= 0.3 is 0 Å². The van der Waals surface area contributed by atoms with Crippen molar-refractivity contribution in [3.8, 4) is 0 Å². The van der Waals surface area contributed by atoms with Crippen LogP contribution in [0.25, 0.3) is 0 Å². The van der Waals surface area contributed by atoms with Crippen molar-refractivity contribution in [3.63, 3.8) is 0 Å². The molecule has 0 aromatic carbocycles. The van der Waals surface area contributed by atoms with Crippen molar-refractivity contribution >= 4 is 5.91 Å². The van der Waals surface area contributed by atoms with Crippen LogP contribution in [0.3, 0.4) is 0 Å². The summed E-state index contributed by atoms with van der Waals surface area (Å²) >= 11 is 0. The molecule has 1 saturated heterocycles. The first-order chi connectivity index (χ1) is 5.99. The molecule has 0 bridgehead atoms. The van der Waals surface area contributed by atoms with Gasteiger partial charge in [-0.25, -0.2) is 0 Å². The Kier molecular flexibility index (Phi) is 2.96. The highest BCUT2D eigenvalue weighted by Crippen LogP contribution is 2.28. The van der Waals surface area contributed by atoms with Gasteiger partial charge in [0.05, 0.1) is 6.04 Å². The minimum absolute atomic E-state index is 0.0577. The average Bonchev–Trinajstić information content (AvgIpc) is 2.42. The monoisotopic (exact) mass is 184 g/mol. The van der Waals surface area contributed by atoms with Gasteiger partial charge < -0.3 is 10.2 Å². The van der Waals surface area contributed by atoms with Gasteiger partial charge in [-0.2, -0.15) is 0 Å². The zero-order chi connectivity index (χ0) is 10.1. The first kappa shape index (κ1) is 10.5. The SMILES string of the molecule is CNC(C)C(=O)N1CCCC1(C)C. The van der Waals surface area contributed by atoms with Crippen LogP contribution in [0.5, 0.6) is 0 Å². The predicted molar refractivity (Wildman–Crippen MR) is 53.5 cm³/mol. The van der Waals surface area contributed by atoms with Crippen molar-refractivity contribution in [2.24, 2.45) is 0 Å². The Bertz CT molecular complexity index is 201. The van der Waals surface area contributed by atoms with Crippen molar-refractivity contribution in [3.05, 3.63) is 0 Å². The number of hydrogen-bond donors (Lipinski definition) is 1. The third kappa shape index (κ3) is 2.02. The Morgan fingerprint density at radius 2 is 2.15 bits per heavy atom. The number of carbonyl (C=O) groups is 1. The van der Waals surface area contributed by atoms with Crippen molar-refractivity contribution < 1.29 is 4.79 Å². The van der Waals surface area contributed by atoms with Gasteiger partial charge in [0.1, 0.15) is 0 Å². The molecule has 0 radical (unpaired) electrons. The molecule has 0 aliphatic carbocycles. The van der Waals surface area contributed by atoms with Gasteiger partial charge in [-0.1, -0.05) is 0 Å². The first-order valence-corrected chi connectivity index (χ1v) is 4.98. The van der Waals surface area contributed by atoms with E-state index in [1.165, 1.54) is 0 Å². The summed E-state index contributed by atoms with van der Waals surface area (Å²) in [5.41, 5.74) is 0.0577. The van der Waals surface area contributed by atoms with Crippen molar-refractivity contribution in [1.29, 1.82) is 0 Å². The van der Waals surface area contributed by atoms with E-state index in [1.54, 1.807) is 0 Å². The summed E-state index contributed by atoms with van der Waals surface area (Å²) in [4.78, 5) is 13.8. The molecule has 1 unspecified atom stereocenters. The maximum atomic E-state index is 11.9. The number of nitrogens with one attached hydrogen (secondary N) is 1. The van der Waals surface area contributed by atoms with Crippen LogP contribution in [0.2, 0.25) is 0 Å². The fourth-order valence-corrected chi connectivity index (χ4v) is 1.87. The molecule has 3 nitrogen and oxygen atoms in total. The zero-order valence-electron chi connectivity index (χ0n) is 9.05. The number of rotatable bonds is 2. The molecule has 3 heteroatoms. The number of nitrogens with zero attached hydrogens (tertiary/aromatic N) is 1. The van der Waals surface area contributed by atoms with Gasteiger partial charge in [-0.05, 0) is 40.7 Å². The van der Waals surface area contributed by atoms with E-state index in [-0.39, 0.29) is 17.5 Å². The smallest absolute Gasteiger partial charge is 0.239 e. The number of likely N-dealkylation sites (tertiary alicyclic amines) is 1. The number of hydrogen-bond acceptors (Lipinski definition) is 2. The molecule has 1 aliphatic heterocycles. The lowest BCUT2D eigenvalue weighted by atomic mass is 10.0. The van der Waals surface area contributed by atoms with E-state index in [0.717, 1.165) is 19.4 Å². The van der Waals surface area contributed by atoms with E-state index >= 15 is 0 Å². The summed E-state index contributed by atoms with van der Waals surface area (Å²) in [5, 5.41) is 2.99. The highest BCUT2D eigenvalue weighted by Gasteiger charge is 2.36. The van der Waals surface area contributed by atoms with E-state index in [4.69, 9.17) is 0 Å². The summed E-state index contributed by atoms with van der Waals surface area (Å²) in [6.07, 6.45) is 2.25. The van der Waals surface area contributed by atoms with Crippen molar-refractivity contribution in [2.75, 3.05) is 13.6 Å². The van der Waals surface area contributed by atoms with Gasteiger partial charge in [-0.15, -0.1) is 0 Å². The molecule has 0 aromatic heterocycles. The minimum Gasteiger partial charge on any atom is -0.336 e. The molecule has 0 spiro atoms. The van der Waals surface area contributed by atoms with Gasteiger partial charge in [-0.3, -0.25) is 4.79 Å². The molecule has 13 heavy (non-hydrogen) atoms. The largest absolute Gasteiger partial charge is 0.336 e. The Morgan fingerprint density at radius 3 is 2.54 bits per heavy atom. The first-order valence-electron chi connectivity index (χ1n) is 4.98.